The molecule has 0 saturated heterocycles. The van der Waals surface area contributed by atoms with Gasteiger partial charge in [-0.05, 0) is 31.5 Å². The van der Waals surface area contributed by atoms with Crippen LogP contribution < -0.4 is 5.32 Å². The number of aryl methyl sites for hydroxylation is 2. The highest BCUT2D eigenvalue weighted by Gasteiger charge is 2.26. The molecule has 0 radical (unpaired) electrons. The minimum Gasteiger partial charge on any atom is -0.308 e. The Hall–Kier alpha value is -0.750. The van der Waals surface area contributed by atoms with Gasteiger partial charge in [0.2, 0.25) is 0 Å². The number of thioether (sulfide) groups is 1. The SMILES string of the molecule is Cc1cc(C)nc(SC(C)CNCC(F)(F)F)c1. The van der Waals surface area contributed by atoms with Crippen LogP contribution in [-0.2, 0) is 0 Å². The summed E-state index contributed by atoms with van der Waals surface area (Å²) in [5, 5.41) is 3.30. The molecule has 102 valence electrons. The van der Waals surface area contributed by atoms with Crippen LogP contribution in [0.2, 0.25) is 0 Å². The molecule has 6 heteroatoms. The van der Waals surface area contributed by atoms with Gasteiger partial charge in [0.05, 0.1) is 11.6 Å². The molecule has 1 atom stereocenters. The molecule has 18 heavy (non-hydrogen) atoms. The van der Waals surface area contributed by atoms with Crippen molar-refractivity contribution in [3.05, 3.63) is 23.4 Å². The quantitative estimate of drug-likeness (QED) is 0.836. The van der Waals surface area contributed by atoms with Crippen LogP contribution in [-0.4, -0.2) is 29.5 Å². The van der Waals surface area contributed by atoms with Crippen LogP contribution in [0.15, 0.2) is 17.2 Å². The Balaban J connectivity index is 2.42. The molecule has 1 aromatic rings. The number of aromatic nitrogens is 1. The van der Waals surface area contributed by atoms with Gasteiger partial charge in [-0.15, -0.1) is 11.8 Å². The predicted octanol–water partition coefficient (Wildman–Crippen LogP) is 3.33. The maximum Gasteiger partial charge on any atom is 0.401 e. The van der Waals surface area contributed by atoms with Gasteiger partial charge < -0.3 is 5.32 Å². The Bertz CT molecular complexity index is 373. The number of pyridine rings is 1. The Morgan fingerprint density at radius 1 is 1.33 bits per heavy atom. The first-order chi connectivity index (χ1) is 8.26. The molecule has 0 spiro atoms. The summed E-state index contributed by atoms with van der Waals surface area (Å²) < 4.78 is 35.9. The van der Waals surface area contributed by atoms with Crippen LogP contribution in [0, 0.1) is 13.8 Å². The molecule has 1 rings (SSSR count). The zero-order valence-electron chi connectivity index (χ0n) is 10.6. The number of nitrogens with one attached hydrogen (secondary N) is 1. The van der Waals surface area contributed by atoms with E-state index in [0.29, 0.717) is 6.54 Å². The number of nitrogens with zero attached hydrogens (tertiary/aromatic N) is 1. The molecule has 1 aromatic heterocycles. The molecule has 0 aliphatic carbocycles. The number of alkyl halides is 3. The first kappa shape index (κ1) is 15.3. The fraction of sp³-hybridized carbons (Fsp3) is 0.583. The summed E-state index contributed by atoms with van der Waals surface area (Å²) in [5.41, 5.74) is 2.04. The van der Waals surface area contributed by atoms with Gasteiger partial charge in [-0.2, -0.15) is 13.2 Å². The Morgan fingerprint density at radius 2 is 2.00 bits per heavy atom. The molecule has 1 N–H and O–H groups in total. The van der Waals surface area contributed by atoms with Gasteiger partial charge in [-0.25, -0.2) is 4.98 Å². The van der Waals surface area contributed by atoms with Gasteiger partial charge in [-0.1, -0.05) is 6.92 Å². The smallest absolute Gasteiger partial charge is 0.308 e. The highest BCUT2D eigenvalue weighted by atomic mass is 32.2. The average molecular weight is 278 g/mol. The second-order valence-corrected chi connectivity index (χ2v) is 5.76. The molecule has 1 unspecified atom stereocenters. The van der Waals surface area contributed by atoms with Gasteiger partial charge in [0.25, 0.3) is 0 Å². The van der Waals surface area contributed by atoms with E-state index in [1.807, 2.05) is 32.9 Å². The Labute approximate surface area is 109 Å². The fourth-order valence-corrected chi connectivity index (χ4v) is 2.59. The van der Waals surface area contributed by atoms with Crippen molar-refractivity contribution in [1.29, 1.82) is 0 Å². The zero-order valence-corrected chi connectivity index (χ0v) is 11.5. The number of halogens is 3. The Morgan fingerprint density at radius 3 is 2.56 bits per heavy atom. The van der Waals surface area contributed by atoms with E-state index >= 15 is 0 Å². The molecule has 0 bridgehead atoms. The maximum atomic E-state index is 12.0. The van der Waals surface area contributed by atoms with Gasteiger partial charge in [0.1, 0.15) is 0 Å². The van der Waals surface area contributed by atoms with Crippen LogP contribution >= 0.6 is 11.8 Å². The standard InChI is InChI=1S/C12H17F3N2S/c1-8-4-9(2)17-11(5-8)18-10(3)6-16-7-12(13,14)15/h4-5,10,16H,6-7H2,1-3H3. The highest BCUT2D eigenvalue weighted by Crippen LogP contribution is 2.22. The van der Waals surface area contributed by atoms with Crippen molar-refractivity contribution in [2.45, 2.75) is 37.2 Å². The lowest BCUT2D eigenvalue weighted by Gasteiger charge is -2.13. The molecular weight excluding hydrogens is 261 g/mol. The normalized spacial score (nSPS) is 13.7. The summed E-state index contributed by atoms with van der Waals surface area (Å²) in [6, 6.07) is 3.91. The molecule has 0 aromatic carbocycles. The summed E-state index contributed by atoms with van der Waals surface area (Å²) in [6.45, 7) is 5.12. The third-order valence-electron chi connectivity index (χ3n) is 2.15. The molecule has 0 amide bonds. The third-order valence-corrected chi connectivity index (χ3v) is 3.17. The molecule has 0 saturated carbocycles. The van der Waals surface area contributed by atoms with Crippen molar-refractivity contribution in [2.75, 3.05) is 13.1 Å². The van der Waals surface area contributed by atoms with Crippen molar-refractivity contribution >= 4 is 11.8 Å². The summed E-state index contributed by atoms with van der Waals surface area (Å²) >= 11 is 1.48. The topological polar surface area (TPSA) is 24.9 Å². The minimum absolute atomic E-state index is 0.0426. The molecule has 1 heterocycles. The average Bonchev–Trinajstić information content (AvgIpc) is 2.12. The van der Waals surface area contributed by atoms with Crippen molar-refractivity contribution in [2.24, 2.45) is 0 Å². The van der Waals surface area contributed by atoms with E-state index in [2.05, 4.69) is 10.3 Å². The van der Waals surface area contributed by atoms with Crippen LogP contribution in [0.25, 0.3) is 0 Å². The molecule has 0 aliphatic heterocycles. The number of hydrogen-bond donors (Lipinski definition) is 1. The van der Waals surface area contributed by atoms with Gasteiger partial charge in [0, 0.05) is 17.5 Å². The molecule has 2 nitrogen and oxygen atoms in total. The second-order valence-electron chi connectivity index (χ2n) is 4.30. The fourth-order valence-electron chi connectivity index (χ4n) is 1.53. The van der Waals surface area contributed by atoms with Crippen LogP contribution in [0.5, 0.6) is 0 Å². The lowest BCUT2D eigenvalue weighted by atomic mass is 10.3. The predicted molar refractivity (Wildman–Crippen MR) is 68.0 cm³/mol. The minimum atomic E-state index is -4.15. The van der Waals surface area contributed by atoms with Crippen LogP contribution in [0.1, 0.15) is 18.2 Å². The summed E-state index contributed by atoms with van der Waals surface area (Å²) in [4.78, 5) is 4.34. The van der Waals surface area contributed by atoms with E-state index in [4.69, 9.17) is 0 Å². The Kier molecular flexibility index (Phi) is 5.47. The monoisotopic (exact) mass is 278 g/mol. The zero-order chi connectivity index (χ0) is 13.8. The van der Waals surface area contributed by atoms with Crippen LogP contribution in [0.3, 0.4) is 0 Å². The first-order valence-corrected chi connectivity index (χ1v) is 6.53. The van der Waals surface area contributed by atoms with E-state index in [9.17, 15) is 13.2 Å². The lowest BCUT2D eigenvalue weighted by molar-refractivity contribution is -0.124. The lowest BCUT2D eigenvalue weighted by Crippen LogP contribution is -2.32. The summed E-state index contributed by atoms with van der Waals surface area (Å²) in [6.07, 6.45) is -4.15. The number of rotatable bonds is 5. The molecule has 0 fully saturated rings. The van der Waals surface area contributed by atoms with Crippen molar-refractivity contribution in [1.82, 2.24) is 10.3 Å². The molecule has 0 aliphatic rings. The van der Waals surface area contributed by atoms with Gasteiger partial charge in [-0.3, -0.25) is 0 Å². The summed E-state index contributed by atoms with van der Waals surface area (Å²) in [5.74, 6) is 0. The molecular formula is C12H17F3N2S. The van der Waals surface area contributed by atoms with E-state index in [1.165, 1.54) is 11.8 Å². The van der Waals surface area contributed by atoms with E-state index in [1.54, 1.807) is 0 Å². The summed E-state index contributed by atoms with van der Waals surface area (Å²) in [7, 11) is 0. The van der Waals surface area contributed by atoms with Gasteiger partial charge >= 0.3 is 6.18 Å². The highest BCUT2D eigenvalue weighted by molar-refractivity contribution is 7.99. The maximum absolute atomic E-state index is 12.0. The van der Waals surface area contributed by atoms with E-state index in [0.717, 1.165) is 16.3 Å². The van der Waals surface area contributed by atoms with Crippen LogP contribution in [0.4, 0.5) is 13.2 Å². The van der Waals surface area contributed by atoms with Crippen molar-refractivity contribution in [3.8, 4) is 0 Å². The van der Waals surface area contributed by atoms with Crippen molar-refractivity contribution < 1.29 is 13.2 Å². The second kappa shape index (κ2) is 6.43. The largest absolute Gasteiger partial charge is 0.401 e. The van der Waals surface area contributed by atoms with Gasteiger partial charge in [0.15, 0.2) is 0 Å². The number of hydrogen-bond acceptors (Lipinski definition) is 3. The third kappa shape index (κ3) is 6.26. The first-order valence-electron chi connectivity index (χ1n) is 5.65. The van der Waals surface area contributed by atoms with E-state index < -0.39 is 12.7 Å². The van der Waals surface area contributed by atoms with Crippen molar-refractivity contribution in [3.63, 3.8) is 0 Å². The van der Waals surface area contributed by atoms with E-state index in [-0.39, 0.29) is 5.25 Å².